The smallest absolute Gasteiger partial charge is 0.277 e. The summed E-state index contributed by atoms with van der Waals surface area (Å²) in [5.74, 6) is 0.883. The molecule has 0 aromatic carbocycles. The van der Waals surface area contributed by atoms with Crippen molar-refractivity contribution < 1.29 is 4.79 Å². The number of anilines is 1. The van der Waals surface area contributed by atoms with E-state index in [2.05, 4.69) is 15.0 Å². The lowest BCUT2D eigenvalue weighted by atomic mass is 10.2. The summed E-state index contributed by atoms with van der Waals surface area (Å²) in [7, 11) is 1.75. The molecule has 3 aromatic rings. The molecule has 1 amide bonds. The van der Waals surface area contributed by atoms with E-state index in [9.17, 15) is 9.59 Å². The molecular formula is C19H22N6O2. The largest absolute Gasteiger partial charge is 0.353 e. The van der Waals surface area contributed by atoms with E-state index >= 15 is 0 Å². The fourth-order valence-electron chi connectivity index (χ4n) is 3.59. The van der Waals surface area contributed by atoms with E-state index < -0.39 is 0 Å². The highest BCUT2D eigenvalue weighted by atomic mass is 16.2. The minimum absolute atomic E-state index is 0.0442. The first-order valence-electron chi connectivity index (χ1n) is 9.01. The van der Waals surface area contributed by atoms with Gasteiger partial charge in [-0.25, -0.2) is 4.98 Å². The van der Waals surface area contributed by atoms with Crippen molar-refractivity contribution in [2.75, 3.05) is 31.1 Å². The Morgan fingerprint density at radius 3 is 2.63 bits per heavy atom. The number of hydrogen-bond acceptors (Lipinski definition) is 5. The van der Waals surface area contributed by atoms with Crippen molar-refractivity contribution in [1.82, 2.24) is 24.2 Å². The van der Waals surface area contributed by atoms with Crippen molar-refractivity contribution in [3.05, 3.63) is 52.7 Å². The van der Waals surface area contributed by atoms with E-state index in [1.54, 1.807) is 24.1 Å². The van der Waals surface area contributed by atoms with Crippen LogP contribution in [0, 0.1) is 6.92 Å². The first kappa shape index (κ1) is 17.3. The quantitative estimate of drug-likeness (QED) is 0.685. The number of piperazine rings is 1. The molecule has 140 valence electrons. The minimum Gasteiger partial charge on any atom is -0.353 e. The van der Waals surface area contributed by atoms with Crippen LogP contribution in [-0.2, 0) is 18.4 Å². The Kier molecular flexibility index (Phi) is 4.39. The Labute approximate surface area is 156 Å². The second kappa shape index (κ2) is 6.86. The number of aromatic nitrogens is 4. The highest BCUT2D eigenvalue weighted by Crippen LogP contribution is 2.14. The van der Waals surface area contributed by atoms with Crippen LogP contribution in [0.5, 0.6) is 0 Å². The van der Waals surface area contributed by atoms with Crippen LogP contribution in [0.4, 0.5) is 5.82 Å². The number of rotatable bonds is 3. The number of hydrogen-bond donors (Lipinski definition) is 0. The Hall–Kier alpha value is -3.16. The minimum atomic E-state index is -0.184. The predicted molar refractivity (Wildman–Crippen MR) is 103 cm³/mol. The normalized spacial score (nSPS) is 14.7. The second-order valence-electron chi connectivity index (χ2n) is 6.78. The van der Waals surface area contributed by atoms with Crippen molar-refractivity contribution in [2.24, 2.45) is 7.05 Å². The van der Waals surface area contributed by atoms with E-state index in [4.69, 9.17) is 0 Å². The molecule has 4 heterocycles. The molecule has 0 saturated carbocycles. The Morgan fingerprint density at radius 2 is 1.93 bits per heavy atom. The fraction of sp³-hybridized carbons (Fsp3) is 0.368. The summed E-state index contributed by atoms with van der Waals surface area (Å²) in [5.41, 5.74) is 1.16. The molecule has 1 aliphatic rings. The summed E-state index contributed by atoms with van der Waals surface area (Å²) in [6, 6.07) is 7.68. The summed E-state index contributed by atoms with van der Waals surface area (Å²) < 4.78 is 3.05. The van der Waals surface area contributed by atoms with Gasteiger partial charge in [0.2, 0.25) is 5.91 Å². The summed E-state index contributed by atoms with van der Waals surface area (Å²) in [6.07, 6.45) is 3.46. The average Bonchev–Trinajstić information content (AvgIpc) is 2.99. The van der Waals surface area contributed by atoms with Gasteiger partial charge in [-0.3, -0.25) is 14.3 Å². The highest BCUT2D eigenvalue weighted by Gasteiger charge is 2.22. The molecule has 4 rings (SSSR count). The number of carbonyl (C=O) groups is 1. The first-order chi connectivity index (χ1) is 13.0. The molecular weight excluding hydrogens is 344 g/mol. The predicted octanol–water partition coefficient (Wildman–Crippen LogP) is 0.787. The standard InChI is InChI=1S/C19H22N6O2/c1-14-15-6-8-25(19(27)18(15)22(2)21-14)13-17(26)24-11-9-23(10-12-24)16-5-3-4-7-20-16/h3-8H,9-13H2,1-2H3. The number of pyridine rings is 2. The van der Waals surface area contributed by atoms with Gasteiger partial charge in [0.25, 0.3) is 5.56 Å². The zero-order chi connectivity index (χ0) is 19.0. The van der Waals surface area contributed by atoms with Crippen LogP contribution in [0.15, 0.2) is 41.5 Å². The third-order valence-corrected chi connectivity index (χ3v) is 5.06. The summed E-state index contributed by atoms with van der Waals surface area (Å²) in [4.78, 5) is 33.8. The molecule has 0 aliphatic carbocycles. The van der Waals surface area contributed by atoms with Gasteiger partial charge in [0.1, 0.15) is 17.9 Å². The van der Waals surface area contributed by atoms with Gasteiger partial charge in [0.05, 0.1) is 5.69 Å². The number of nitrogens with zero attached hydrogens (tertiary/aromatic N) is 6. The van der Waals surface area contributed by atoms with Crippen LogP contribution in [-0.4, -0.2) is 56.3 Å². The monoisotopic (exact) mass is 366 g/mol. The molecule has 3 aromatic heterocycles. The van der Waals surface area contributed by atoms with Crippen molar-refractivity contribution in [3.8, 4) is 0 Å². The molecule has 8 heteroatoms. The zero-order valence-corrected chi connectivity index (χ0v) is 15.5. The highest BCUT2D eigenvalue weighted by molar-refractivity contribution is 5.81. The Balaban J connectivity index is 1.46. The topological polar surface area (TPSA) is 76.3 Å². The molecule has 8 nitrogen and oxygen atoms in total. The lowest BCUT2D eigenvalue weighted by Crippen LogP contribution is -2.50. The maximum atomic E-state index is 12.7. The van der Waals surface area contributed by atoms with Crippen LogP contribution >= 0.6 is 0 Å². The number of aryl methyl sites for hydroxylation is 2. The molecule has 1 fully saturated rings. The maximum absolute atomic E-state index is 12.7. The molecule has 1 aliphatic heterocycles. The second-order valence-corrected chi connectivity index (χ2v) is 6.78. The van der Waals surface area contributed by atoms with E-state index in [1.165, 1.54) is 4.57 Å². The molecule has 0 unspecified atom stereocenters. The van der Waals surface area contributed by atoms with Crippen LogP contribution in [0.25, 0.3) is 10.9 Å². The van der Waals surface area contributed by atoms with Crippen LogP contribution in [0.3, 0.4) is 0 Å². The summed E-state index contributed by atoms with van der Waals surface area (Å²) in [6.45, 7) is 4.63. The third kappa shape index (κ3) is 3.18. The number of carbonyl (C=O) groups excluding carboxylic acids is 1. The van der Waals surface area contributed by atoms with Crippen LogP contribution in [0.1, 0.15) is 5.69 Å². The maximum Gasteiger partial charge on any atom is 0.277 e. The van der Waals surface area contributed by atoms with Gasteiger partial charge in [0.15, 0.2) is 0 Å². The first-order valence-corrected chi connectivity index (χ1v) is 9.01. The van der Waals surface area contributed by atoms with Crippen molar-refractivity contribution in [1.29, 1.82) is 0 Å². The van der Waals surface area contributed by atoms with E-state index in [0.29, 0.717) is 18.6 Å². The molecule has 0 radical (unpaired) electrons. The molecule has 0 bridgehead atoms. The van der Waals surface area contributed by atoms with Crippen LogP contribution < -0.4 is 10.5 Å². The average molecular weight is 366 g/mol. The zero-order valence-electron chi connectivity index (χ0n) is 15.5. The Bertz CT molecular complexity index is 1030. The molecule has 27 heavy (non-hydrogen) atoms. The molecule has 0 spiro atoms. The Morgan fingerprint density at radius 1 is 1.15 bits per heavy atom. The van der Waals surface area contributed by atoms with E-state index in [1.807, 2.05) is 36.1 Å². The lowest BCUT2D eigenvalue weighted by Gasteiger charge is -2.35. The van der Waals surface area contributed by atoms with Gasteiger partial charge in [0, 0.05) is 51.0 Å². The van der Waals surface area contributed by atoms with Crippen molar-refractivity contribution in [3.63, 3.8) is 0 Å². The third-order valence-electron chi connectivity index (χ3n) is 5.06. The van der Waals surface area contributed by atoms with E-state index in [-0.39, 0.29) is 18.0 Å². The SMILES string of the molecule is Cc1nn(C)c2c(=O)n(CC(=O)N3CCN(c4ccccn4)CC3)ccc12. The van der Waals surface area contributed by atoms with Crippen molar-refractivity contribution in [2.45, 2.75) is 13.5 Å². The van der Waals surface area contributed by atoms with Crippen molar-refractivity contribution >= 4 is 22.6 Å². The number of amides is 1. The van der Waals surface area contributed by atoms with Gasteiger partial charge in [-0.05, 0) is 25.1 Å². The number of fused-ring (bicyclic) bond motifs is 1. The molecule has 1 saturated heterocycles. The summed E-state index contributed by atoms with van der Waals surface area (Å²) >= 11 is 0. The fourth-order valence-corrected chi connectivity index (χ4v) is 3.59. The van der Waals surface area contributed by atoms with Gasteiger partial charge in [-0.1, -0.05) is 6.07 Å². The molecule has 0 N–H and O–H groups in total. The van der Waals surface area contributed by atoms with Gasteiger partial charge in [-0.2, -0.15) is 5.10 Å². The molecule has 0 atom stereocenters. The van der Waals surface area contributed by atoms with Crippen LogP contribution in [0.2, 0.25) is 0 Å². The summed E-state index contributed by atoms with van der Waals surface area (Å²) in [5, 5.41) is 5.12. The van der Waals surface area contributed by atoms with Gasteiger partial charge < -0.3 is 14.4 Å². The van der Waals surface area contributed by atoms with Gasteiger partial charge in [-0.15, -0.1) is 0 Å². The van der Waals surface area contributed by atoms with Gasteiger partial charge >= 0.3 is 0 Å². The lowest BCUT2D eigenvalue weighted by molar-refractivity contribution is -0.132. The van der Waals surface area contributed by atoms with E-state index in [0.717, 1.165) is 30.0 Å².